The lowest BCUT2D eigenvalue weighted by atomic mass is 10.0. The summed E-state index contributed by atoms with van der Waals surface area (Å²) in [5, 5.41) is 8.69. The van der Waals surface area contributed by atoms with E-state index in [1.807, 2.05) is 0 Å². The van der Waals surface area contributed by atoms with Crippen LogP contribution in [0.1, 0.15) is 40.0 Å². The van der Waals surface area contributed by atoms with Crippen LogP contribution in [0.5, 0.6) is 0 Å². The molecule has 0 spiro atoms. The smallest absolute Gasteiger partial charge is 0.304 e. The second-order valence-electron chi connectivity index (χ2n) is 5.00. The average molecular weight is 231 g/mol. The first-order valence-corrected chi connectivity index (χ1v) is 5.83. The van der Waals surface area contributed by atoms with E-state index in [-0.39, 0.29) is 12.0 Å². The van der Waals surface area contributed by atoms with Gasteiger partial charge in [-0.25, -0.2) is 0 Å². The van der Waals surface area contributed by atoms with Crippen molar-refractivity contribution in [1.82, 2.24) is 4.90 Å². The Bertz CT molecular complexity index is 199. The third-order valence-electron chi connectivity index (χ3n) is 2.57. The molecular weight excluding hydrogens is 206 g/mol. The zero-order valence-electron chi connectivity index (χ0n) is 11.0. The summed E-state index contributed by atoms with van der Waals surface area (Å²) >= 11 is 0. The van der Waals surface area contributed by atoms with Crippen molar-refractivity contribution in [2.24, 2.45) is 0 Å². The Labute approximate surface area is 98.6 Å². The van der Waals surface area contributed by atoms with Crippen LogP contribution < -0.4 is 0 Å². The molecule has 4 nitrogen and oxygen atoms in total. The van der Waals surface area contributed by atoms with Crippen LogP contribution in [0, 0.1) is 0 Å². The lowest BCUT2D eigenvalue weighted by Gasteiger charge is -2.35. The van der Waals surface area contributed by atoms with Crippen LogP contribution in [0.3, 0.4) is 0 Å². The molecule has 0 aromatic heterocycles. The fraction of sp³-hybridized carbons (Fsp3) is 0.917. The molecule has 0 aliphatic rings. The number of carbonyl (C=O) groups is 1. The lowest BCUT2D eigenvalue weighted by molar-refractivity contribution is -0.137. The molecule has 96 valence electrons. The summed E-state index contributed by atoms with van der Waals surface area (Å²) < 4.78 is 4.99. The number of carboxylic acids is 1. The van der Waals surface area contributed by atoms with Crippen LogP contribution in [0.2, 0.25) is 0 Å². The van der Waals surface area contributed by atoms with Crippen LogP contribution in [0.15, 0.2) is 0 Å². The molecule has 0 aliphatic carbocycles. The van der Waals surface area contributed by atoms with E-state index in [9.17, 15) is 4.79 Å². The fourth-order valence-electron chi connectivity index (χ4n) is 1.56. The van der Waals surface area contributed by atoms with Crippen LogP contribution in [0.25, 0.3) is 0 Å². The zero-order chi connectivity index (χ0) is 12.6. The van der Waals surface area contributed by atoms with E-state index in [1.165, 1.54) is 0 Å². The Hall–Kier alpha value is -0.610. The van der Waals surface area contributed by atoms with Gasteiger partial charge in [-0.2, -0.15) is 0 Å². The molecule has 0 saturated carbocycles. The highest BCUT2D eigenvalue weighted by Crippen LogP contribution is 2.14. The molecule has 0 rings (SSSR count). The van der Waals surface area contributed by atoms with Gasteiger partial charge < -0.3 is 9.84 Å². The summed E-state index contributed by atoms with van der Waals surface area (Å²) in [5.74, 6) is -0.730. The maximum Gasteiger partial charge on any atom is 0.304 e. The van der Waals surface area contributed by atoms with Gasteiger partial charge in [0.15, 0.2) is 0 Å². The quantitative estimate of drug-likeness (QED) is 0.649. The molecule has 0 radical (unpaired) electrons. The number of ether oxygens (including phenoxy) is 1. The molecule has 4 heteroatoms. The van der Waals surface area contributed by atoms with Gasteiger partial charge in [-0.05, 0) is 40.2 Å². The van der Waals surface area contributed by atoms with Gasteiger partial charge in [0, 0.05) is 25.8 Å². The van der Waals surface area contributed by atoms with E-state index in [4.69, 9.17) is 9.84 Å². The van der Waals surface area contributed by atoms with Crippen LogP contribution in [-0.2, 0) is 9.53 Å². The van der Waals surface area contributed by atoms with E-state index < -0.39 is 5.97 Å². The molecule has 0 atom stereocenters. The second-order valence-corrected chi connectivity index (χ2v) is 5.00. The first-order chi connectivity index (χ1) is 7.38. The predicted molar refractivity (Wildman–Crippen MR) is 64.7 cm³/mol. The third-order valence-corrected chi connectivity index (χ3v) is 2.57. The molecule has 0 fully saturated rings. The van der Waals surface area contributed by atoms with Crippen molar-refractivity contribution in [1.29, 1.82) is 0 Å². The SMILES string of the molecule is COCCCCN(CCC(=O)O)C(C)(C)C. The maximum atomic E-state index is 10.6. The first kappa shape index (κ1) is 15.4. The van der Waals surface area contributed by atoms with Crippen molar-refractivity contribution in [2.75, 3.05) is 26.8 Å². The van der Waals surface area contributed by atoms with E-state index in [0.29, 0.717) is 6.54 Å². The van der Waals surface area contributed by atoms with Gasteiger partial charge >= 0.3 is 5.97 Å². The first-order valence-electron chi connectivity index (χ1n) is 5.83. The highest BCUT2D eigenvalue weighted by atomic mass is 16.5. The minimum absolute atomic E-state index is 0.0303. The summed E-state index contributed by atoms with van der Waals surface area (Å²) in [7, 11) is 1.70. The van der Waals surface area contributed by atoms with Crippen molar-refractivity contribution in [3.05, 3.63) is 0 Å². The van der Waals surface area contributed by atoms with E-state index in [1.54, 1.807) is 7.11 Å². The van der Waals surface area contributed by atoms with Crippen molar-refractivity contribution >= 4 is 5.97 Å². The number of carboxylic acid groups (broad SMARTS) is 1. The highest BCUT2D eigenvalue weighted by Gasteiger charge is 2.20. The number of aliphatic carboxylic acids is 1. The summed E-state index contributed by atoms with van der Waals surface area (Å²) in [6.07, 6.45) is 2.28. The number of hydrogen-bond acceptors (Lipinski definition) is 3. The van der Waals surface area contributed by atoms with Gasteiger partial charge in [-0.3, -0.25) is 9.69 Å². The largest absolute Gasteiger partial charge is 0.481 e. The predicted octanol–water partition coefficient (Wildman–Crippen LogP) is 1.99. The summed E-state index contributed by atoms with van der Waals surface area (Å²) in [5.41, 5.74) is 0.0303. The number of unbranched alkanes of at least 4 members (excludes halogenated alkanes) is 1. The van der Waals surface area contributed by atoms with Gasteiger partial charge in [0.1, 0.15) is 0 Å². The topological polar surface area (TPSA) is 49.8 Å². The molecule has 0 amide bonds. The summed E-state index contributed by atoms with van der Waals surface area (Å²) in [6.45, 7) is 8.67. The normalized spacial score (nSPS) is 12.1. The average Bonchev–Trinajstić information content (AvgIpc) is 2.14. The molecular formula is C12H25NO3. The van der Waals surface area contributed by atoms with Crippen LogP contribution >= 0.6 is 0 Å². The Balaban J connectivity index is 3.97. The Morgan fingerprint density at radius 2 is 1.88 bits per heavy atom. The maximum absolute atomic E-state index is 10.6. The summed E-state index contributed by atoms with van der Waals surface area (Å²) in [4.78, 5) is 12.8. The minimum atomic E-state index is -0.730. The van der Waals surface area contributed by atoms with Gasteiger partial charge in [0.25, 0.3) is 0 Å². The number of hydrogen-bond donors (Lipinski definition) is 1. The molecule has 0 saturated heterocycles. The lowest BCUT2D eigenvalue weighted by Crippen LogP contribution is -2.43. The van der Waals surface area contributed by atoms with Crippen molar-refractivity contribution in [2.45, 2.75) is 45.6 Å². The molecule has 0 unspecified atom stereocenters. The van der Waals surface area contributed by atoms with Gasteiger partial charge in [0.2, 0.25) is 0 Å². The zero-order valence-corrected chi connectivity index (χ0v) is 11.0. The highest BCUT2D eigenvalue weighted by molar-refractivity contribution is 5.66. The van der Waals surface area contributed by atoms with Crippen LogP contribution in [0.4, 0.5) is 0 Å². The van der Waals surface area contributed by atoms with Crippen molar-refractivity contribution < 1.29 is 14.6 Å². The Morgan fingerprint density at radius 1 is 1.25 bits per heavy atom. The van der Waals surface area contributed by atoms with Gasteiger partial charge in [-0.1, -0.05) is 0 Å². The van der Waals surface area contributed by atoms with E-state index in [2.05, 4.69) is 25.7 Å². The number of rotatable bonds is 8. The third kappa shape index (κ3) is 7.65. The number of nitrogens with zero attached hydrogens (tertiary/aromatic N) is 1. The molecule has 1 N–H and O–H groups in total. The monoisotopic (exact) mass is 231 g/mol. The standard InChI is InChI=1S/C12H25NO3/c1-12(2,3)13(9-7-11(14)15)8-5-6-10-16-4/h5-10H2,1-4H3,(H,14,15). The summed E-state index contributed by atoms with van der Waals surface area (Å²) in [6, 6.07) is 0. The second kappa shape index (κ2) is 7.63. The fourth-order valence-corrected chi connectivity index (χ4v) is 1.56. The van der Waals surface area contributed by atoms with E-state index in [0.717, 1.165) is 26.0 Å². The molecule has 0 bridgehead atoms. The molecule has 0 aromatic carbocycles. The van der Waals surface area contributed by atoms with Gasteiger partial charge in [0.05, 0.1) is 6.42 Å². The molecule has 0 aromatic rings. The van der Waals surface area contributed by atoms with E-state index >= 15 is 0 Å². The minimum Gasteiger partial charge on any atom is -0.481 e. The number of methoxy groups -OCH3 is 1. The molecule has 16 heavy (non-hydrogen) atoms. The van der Waals surface area contributed by atoms with Crippen molar-refractivity contribution in [3.63, 3.8) is 0 Å². The molecule has 0 aliphatic heterocycles. The Kier molecular flexibility index (Phi) is 7.34. The van der Waals surface area contributed by atoms with Gasteiger partial charge in [-0.15, -0.1) is 0 Å². The molecule has 0 heterocycles. The van der Waals surface area contributed by atoms with Crippen molar-refractivity contribution in [3.8, 4) is 0 Å². The van der Waals surface area contributed by atoms with Crippen LogP contribution in [-0.4, -0.2) is 48.3 Å². The Morgan fingerprint density at radius 3 is 2.31 bits per heavy atom.